The molecule has 2 rings (SSSR count). The van der Waals surface area contributed by atoms with Gasteiger partial charge in [-0.15, -0.1) is 0 Å². The van der Waals surface area contributed by atoms with Crippen molar-refractivity contribution in [2.75, 3.05) is 6.26 Å². The molecular weight excluding hydrogens is 250 g/mol. The van der Waals surface area contributed by atoms with Gasteiger partial charge in [0.15, 0.2) is 0 Å². The average molecular weight is 271 g/mol. The SMILES string of the molecule is Cn1cncc1C(N)C1CCCC(S(C)(=O)=O)C1. The molecule has 1 aromatic heterocycles. The quantitative estimate of drug-likeness (QED) is 0.890. The highest BCUT2D eigenvalue weighted by atomic mass is 32.2. The van der Waals surface area contributed by atoms with Crippen LogP contribution in [0.2, 0.25) is 0 Å². The summed E-state index contributed by atoms with van der Waals surface area (Å²) in [5.41, 5.74) is 7.25. The van der Waals surface area contributed by atoms with E-state index in [-0.39, 0.29) is 17.2 Å². The van der Waals surface area contributed by atoms with Crippen LogP contribution in [0.3, 0.4) is 0 Å². The van der Waals surface area contributed by atoms with E-state index >= 15 is 0 Å². The van der Waals surface area contributed by atoms with Crippen LogP contribution in [-0.2, 0) is 16.9 Å². The Morgan fingerprint density at radius 1 is 1.50 bits per heavy atom. The van der Waals surface area contributed by atoms with Crippen molar-refractivity contribution >= 4 is 9.84 Å². The predicted octanol–water partition coefficient (Wildman–Crippen LogP) is 1.02. The lowest BCUT2D eigenvalue weighted by Crippen LogP contribution is -2.33. The van der Waals surface area contributed by atoms with Gasteiger partial charge in [0.1, 0.15) is 9.84 Å². The standard InChI is InChI=1S/C12H21N3O2S/c1-15-8-14-7-11(15)12(13)9-4-3-5-10(6-9)18(2,16)17/h7-10,12H,3-6,13H2,1-2H3. The molecule has 3 unspecified atom stereocenters. The Kier molecular flexibility index (Phi) is 3.77. The van der Waals surface area contributed by atoms with E-state index in [9.17, 15) is 8.42 Å². The van der Waals surface area contributed by atoms with Gasteiger partial charge in [-0.25, -0.2) is 13.4 Å². The first kappa shape index (κ1) is 13.5. The third-order valence-corrected chi connectivity index (χ3v) is 5.61. The number of sulfone groups is 1. The Hall–Kier alpha value is -0.880. The molecule has 0 spiro atoms. The number of aryl methyl sites for hydroxylation is 1. The third-order valence-electron chi connectivity index (χ3n) is 3.98. The van der Waals surface area contributed by atoms with E-state index in [2.05, 4.69) is 4.98 Å². The van der Waals surface area contributed by atoms with Gasteiger partial charge in [-0.3, -0.25) is 0 Å². The maximum Gasteiger partial charge on any atom is 0.150 e. The van der Waals surface area contributed by atoms with Crippen molar-refractivity contribution in [1.29, 1.82) is 0 Å². The fourth-order valence-electron chi connectivity index (χ4n) is 2.83. The van der Waals surface area contributed by atoms with E-state index < -0.39 is 9.84 Å². The number of hydrogen-bond acceptors (Lipinski definition) is 4. The van der Waals surface area contributed by atoms with Gasteiger partial charge < -0.3 is 10.3 Å². The Bertz CT molecular complexity index is 509. The number of nitrogens with two attached hydrogens (primary N) is 1. The maximum absolute atomic E-state index is 11.6. The highest BCUT2D eigenvalue weighted by Gasteiger charge is 2.33. The van der Waals surface area contributed by atoms with E-state index in [0.717, 1.165) is 25.0 Å². The molecule has 6 heteroatoms. The van der Waals surface area contributed by atoms with E-state index in [0.29, 0.717) is 6.42 Å². The van der Waals surface area contributed by atoms with Crippen LogP contribution < -0.4 is 5.73 Å². The summed E-state index contributed by atoms with van der Waals surface area (Å²) in [6, 6.07) is -0.123. The highest BCUT2D eigenvalue weighted by Crippen LogP contribution is 2.35. The van der Waals surface area contributed by atoms with Crippen molar-refractivity contribution < 1.29 is 8.42 Å². The van der Waals surface area contributed by atoms with Gasteiger partial charge >= 0.3 is 0 Å². The van der Waals surface area contributed by atoms with Gasteiger partial charge in [-0.05, 0) is 25.2 Å². The number of hydrogen-bond donors (Lipinski definition) is 1. The Labute approximate surface area is 108 Å². The van der Waals surface area contributed by atoms with Crippen LogP contribution in [0, 0.1) is 5.92 Å². The van der Waals surface area contributed by atoms with Crippen molar-refractivity contribution in [2.24, 2.45) is 18.7 Å². The molecule has 3 atom stereocenters. The van der Waals surface area contributed by atoms with Crippen molar-refractivity contribution in [1.82, 2.24) is 9.55 Å². The summed E-state index contributed by atoms with van der Waals surface area (Å²) in [6.45, 7) is 0. The molecule has 1 heterocycles. The van der Waals surface area contributed by atoms with E-state index in [1.54, 1.807) is 12.5 Å². The molecule has 0 radical (unpaired) electrons. The molecule has 1 aliphatic carbocycles. The van der Waals surface area contributed by atoms with E-state index in [1.165, 1.54) is 6.26 Å². The van der Waals surface area contributed by atoms with Crippen LogP contribution in [0.5, 0.6) is 0 Å². The molecule has 1 fully saturated rings. The molecule has 0 bridgehead atoms. The van der Waals surface area contributed by atoms with Gasteiger partial charge in [0.05, 0.1) is 17.3 Å². The molecule has 18 heavy (non-hydrogen) atoms. The van der Waals surface area contributed by atoms with Gasteiger partial charge in [-0.1, -0.05) is 6.42 Å². The zero-order valence-electron chi connectivity index (χ0n) is 10.9. The number of nitrogens with zero attached hydrogens (tertiary/aromatic N) is 2. The first-order valence-electron chi connectivity index (χ1n) is 6.30. The average Bonchev–Trinajstić information content (AvgIpc) is 2.73. The van der Waals surface area contributed by atoms with Gasteiger partial charge in [0.2, 0.25) is 0 Å². The van der Waals surface area contributed by atoms with Crippen LogP contribution in [0.4, 0.5) is 0 Å². The van der Waals surface area contributed by atoms with E-state index in [1.807, 2.05) is 11.6 Å². The Morgan fingerprint density at radius 2 is 2.22 bits per heavy atom. The number of aromatic nitrogens is 2. The second kappa shape index (κ2) is 5.01. The van der Waals surface area contributed by atoms with Crippen molar-refractivity contribution in [3.8, 4) is 0 Å². The van der Waals surface area contributed by atoms with Crippen LogP contribution >= 0.6 is 0 Å². The number of imidazole rings is 1. The molecule has 1 saturated carbocycles. The lowest BCUT2D eigenvalue weighted by molar-refractivity contribution is 0.302. The zero-order chi connectivity index (χ0) is 13.3. The van der Waals surface area contributed by atoms with Gasteiger partial charge in [0, 0.05) is 25.5 Å². The summed E-state index contributed by atoms with van der Waals surface area (Å²) in [7, 11) is -1.03. The number of rotatable bonds is 3. The molecule has 0 aliphatic heterocycles. The second-order valence-electron chi connectivity index (χ2n) is 5.33. The topological polar surface area (TPSA) is 78.0 Å². The maximum atomic E-state index is 11.6. The summed E-state index contributed by atoms with van der Waals surface area (Å²) >= 11 is 0. The van der Waals surface area contributed by atoms with Crippen LogP contribution in [-0.4, -0.2) is 29.5 Å². The fourth-order valence-corrected chi connectivity index (χ4v) is 4.02. The fraction of sp³-hybridized carbons (Fsp3) is 0.750. The largest absolute Gasteiger partial charge is 0.336 e. The lowest BCUT2D eigenvalue weighted by atomic mass is 9.83. The summed E-state index contributed by atoms with van der Waals surface area (Å²) in [5.74, 6) is 0.230. The first-order valence-corrected chi connectivity index (χ1v) is 8.25. The molecule has 0 amide bonds. The van der Waals surface area contributed by atoms with Crippen molar-refractivity contribution in [3.63, 3.8) is 0 Å². The molecule has 0 saturated heterocycles. The normalized spacial score (nSPS) is 27.1. The molecule has 1 aliphatic rings. The second-order valence-corrected chi connectivity index (χ2v) is 7.66. The smallest absolute Gasteiger partial charge is 0.150 e. The minimum Gasteiger partial charge on any atom is -0.336 e. The van der Waals surface area contributed by atoms with Gasteiger partial charge in [0.25, 0.3) is 0 Å². The van der Waals surface area contributed by atoms with Crippen molar-refractivity contribution in [3.05, 3.63) is 18.2 Å². The van der Waals surface area contributed by atoms with Crippen LogP contribution in [0.25, 0.3) is 0 Å². The monoisotopic (exact) mass is 271 g/mol. The minimum absolute atomic E-state index is 0.123. The predicted molar refractivity (Wildman–Crippen MR) is 70.7 cm³/mol. The van der Waals surface area contributed by atoms with Crippen LogP contribution in [0.15, 0.2) is 12.5 Å². The minimum atomic E-state index is -2.95. The molecule has 1 aromatic rings. The van der Waals surface area contributed by atoms with Crippen LogP contribution in [0.1, 0.15) is 37.4 Å². The molecule has 2 N–H and O–H groups in total. The third kappa shape index (κ3) is 2.75. The van der Waals surface area contributed by atoms with E-state index in [4.69, 9.17) is 5.73 Å². The zero-order valence-corrected chi connectivity index (χ0v) is 11.7. The Balaban J connectivity index is 2.12. The molecule has 102 valence electrons. The van der Waals surface area contributed by atoms with Gasteiger partial charge in [-0.2, -0.15) is 0 Å². The highest BCUT2D eigenvalue weighted by molar-refractivity contribution is 7.91. The first-order chi connectivity index (χ1) is 8.39. The lowest BCUT2D eigenvalue weighted by Gasteiger charge is -2.32. The summed E-state index contributed by atoms with van der Waals surface area (Å²) in [5, 5.41) is -0.226. The molecular formula is C12H21N3O2S. The summed E-state index contributed by atoms with van der Waals surface area (Å²) in [6.07, 6.45) is 8.21. The summed E-state index contributed by atoms with van der Waals surface area (Å²) < 4.78 is 25.2. The molecule has 5 nitrogen and oxygen atoms in total. The molecule has 0 aromatic carbocycles. The Morgan fingerprint density at radius 3 is 2.78 bits per heavy atom. The van der Waals surface area contributed by atoms with Crippen molar-refractivity contribution in [2.45, 2.75) is 37.0 Å². The summed E-state index contributed by atoms with van der Waals surface area (Å²) in [4.78, 5) is 4.07.